The number of amides is 1. The van der Waals surface area contributed by atoms with Crippen LogP contribution in [0.4, 0.5) is 0 Å². The lowest BCUT2D eigenvalue weighted by molar-refractivity contribution is 0.0216. The normalized spacial score (nSPS) is 21.9. The van der Waals surface area contributed by atoms with E-state index in [4.69, 9.17) is 4.74 Å². The van der Waals surface area contributed by atoms with Crippen molar-refractivity contribution in [3.8, 4) is 0 Å². The first kappa shape index (κ1) is 18.2. The Kier molecular flexibility index (Phi) is 5.55. The minimum atomic E-state index is -0.323. The molecule has 0 bridgehead atoms. The number of hydrogen-bond donors (Lipinski definition) is 1. The summed E-state index contributed by atoms with van der Waals surface area (Å²) >= 11 is 0. The number of para-hydroxylation sites is 1. The summed E-state index contributed by atoms with van der Waals surface area (Å²) in [5, 5.41) is 0.872. The van der Waals surface area contributed by atoms with Gasteiger partial charge in [0.2, 0.25) is 0 Å². The number of carbonyl (C=O) groups excluding carboxylic acids is 1. The van der Waals surface area contributed by atoms with E-state index in [2.05, 4.69) is 9.88 Å². The van der Waals surface area contributed by atoms with Gasteiger partial charge in [-0.2, -0.15) is 0 Å². The molecular formula is C21H27N3O3. The third-order valence-electron chi connectivity index (χ3n) is 5.53. The van der Waals surface area contributed by atoms with Crippen LogP contribution in [0.5, 0.6) is 0 Å². The molecule has 4 rings (SSSR count). The number of carbonyl (C=O) groups is 1. The van der Waals surface area contributed by atoms with E-state index in [1.54, 1.807) is 11.0 Å². The molecule has 1 aromatic heterocycles. The van der Waals surface area contributed by atoms with Crippen LogP contribution in [0.3, 0.4) is 0 Å². The summed E-state index contributed by atoms with van der Waals surface area (Å²) in [6, 6.07) is 9.24. The second-order valence-electron chi connectivity index (χ2n) is 7.56. The Morgan fingerprint density at radius 1 is 1.11 bits per heavy atom. The van der Waals surface area contributed by atoms with Gasteiger partial charge in [-0.3, -0.25) is 9.59 Å². The summed E-state index contributed by atoms with van der Waals surface area (Å²) < 4.78 is 6.00. The van der Waals surface area contributed by atoms with Gasteiger partial charge in [0.1, 0.15) is 5.56 Å². The van der Waals surface area contributed by atoms with Crippen LogP contribution in [0.2, 0.25) is 0 Å². The van der Waals surface area contributed by atoms with Gasteiger partial charge in [0.25, 0.3) is 11.5 Å². The zero-order valence-corrected chi connectivity index (χ0v) is 15.7. The average Bonchev–Trinajstić information content (AvgIpc) is 2.93. The van der Waals surface area contributed by atoms with E-state index < -0.39 is 0 Å². The molecule has 0 unspecified atom stereocenters. The lowest BCUT2D eigenvalue weighted by Gasteiger charge is -2.31. The summed E-state index contributed by atoms with van der Waals surface area (Å²) in [5.74, 6) is -0.198. The molecule has 6 heteroatoms. The van der Waals surface area contributed by atoms with Gasteiger partial charge in [-0.15, -0.1) is 0 Å². The third-order valence-corrected chi connectivity index (χ3v) is 5.53. The molecule has 2 aliphatic rings. The lowest BCUT2D eigenvalue weighted by Crippen LogP contribution is -2.44. The van der Waals surface area contributed by atoms with Crippen LogP contribution in [-0.4, -0.2) is 66.1 Å². The number of likely N-dealkylation sites (tertiary alicyclic amines) is 1. The van der Waals surface area contributed by atoms with Crippen molar-refractivity contribution >= 4 is 16.8 Å². The third kappa shape index (κ3) is 4.22. The largest absolute Gasteiger partial charge is 0.375 e. The zero-order valence-electron chi connectivity index (χ0n) is 15.7. The molecule has 144 valence electrons. The van der Waals surface area contributed by atoms with E-state index >= 15 is 0 Å². The topological polar surface area (TPSA) is 65.6 Å². The maximum atomic E-state index is 13.1. The smallest absolute Gasteiger partial charge is 0.261 e. The fourth-order valence-corrected chi connectivity index (χ4v) is 4.10. The van der Waals surface area contributed by atoms with Crippen molar-refractivity contribution < 1.29 is 9.53 Å². The molecule has 0 saturated carbocycles. The van der Waals surface area contributed by atoms with E-state index in [-0.39, 0.29) is 23.1 Å². The molecule has 0 aliphatic carbocycles. The van der Waals surface area contributed by atoms with Gasteiger partial charge in [-0.25, -0.2) is 0 Å². The highest BCUT2D eigenvalue weighted by Crippen LogP contribution is 2.16. The summed E-state index contributed by atoms with van der Waals surface area (Å²) in [6.07, 6.45) is 4.59. The first-order chi connectivity index (χ1) is 13.2. The maximum Gasteiger partial charge on any atom is 0.261 e. The van der Waals surface area contributed by atoms with E-state index in [1.165, 1.54) is 19.3 Å². The predicted molar refractivity (Wildman–Crippen MR) is 105 cm³/mol. The van der Waals surface area contributed by atoms with Gasteiger partial charge in [0.15, 0.2) is 0 Å². The Balaban J connectivity index is 1.51. The first-order valence-electron chi connectivity index (χ1n) is 9.96. The molecule has 1 aromatic carbocycles. The Hall–Kier alpha value is -2.18. The van der Waals surface area contributed by atoms with Crippen molar-refractivity contribution in [3.05, 3.63) is 46.2 Å². The quantitative estimate of drug-likeness (QED) is 0.901. The van der Waals surface area contributed by atoms with Gasteiger partial charge >= 0.3 is 0 Å². The Labute approximate surface area is 159 Å². The lowest BCUT2D eigenvalue weighted by atomic mass is 10.1. The van der Waals surface area contributed by atoms with E-state index in [1.807, 2.05) is 24.3 Å². The van der Waals surface area contributed by atoms with Crippen LogP contribution in [0.15, 0.2) is 35.1 Å². The molecule has 27 heavy (non-hydrogen) atoms. The maximum absolute atomic E-state index is 13.1. The van der Waals surface area contributed by atoms with Crippen molar-refractivity contribution in [2.75, 3.05) is 39.3 Å². The monoisotopic (exact) mass is 369 g/mol. The van der Waals surface area contributed by atoms with Gasteiger partial charge in [0.05, 0.1) is 6.10 Å². The Bertz CT molecular complexity index is 857. The van der Waals surface area contributed by atoms with Crippen molar-refractivity contribution in [2.45, 2.75) is 31.8 Å². The molecule has 3 heterocycles. The zero-order chi connectivity index (χ0) is 18.6. The van der Waals surface area contributed by atoms with Gasteiger partial charge in [-0.1, -0.05) is 24.6 Å². The van der Waals surface area contributed by atoms with Crippen molar-refractivity contribution in [2.24, 2.45) is 0 Å². The minimum Gasteiger partial charge on any atom is -0.375 e. The summed E-state index contributed by atoms with van der Waals surface area (Å²) in [4.78, 5) is 32.6. The molecule has 2 aromatic rings. The molecule has 1 N–H and O–H groups in total. The molecule has 0 radical (unpaired) electrons. The number of H-pyrrole nitrogens is 1. The summed E-state index contributed by atoms with van der Waals surface area (Å²) in [5.41, 5.74) is 0.644. The number of benzene rings is 1. The van der Waals surface area contributed by atoms with Gasteiger partial charge in [-0.05, 0) is 49.9 Å². The number of hydrogen-bond acceptors (Lipinski definition) is 4. The Morgan fingerprint density at radius 2 is 1.93 bits per heavy atom. The van der Waals surface area contributed by atoms with Crippen LogP contribution >= 0.6 is 0 Å². The molecule has 1 atom stereocenters. The molecule has 6 nitrogen and oxygen atoms in total. The molecule has 1 amide bonds. The molecule has 2 aliphatic heterocycles. The second kappa shape index (κ2) is 8.23. The standard InChI is InChI=1S/C21H27N3O3/c25-20-18(13-16-7-2-3-8-19(16)22-20)21(26)24-11-6-12-27-17(15-24)14-23-9-4-1-5-10-23/h2-3,7-8,13,17H,1,4-6,9-12,14-15H2,(H,22,25)/t17-/m1/s1. The number of aromatic amines is 1. The first-order valence-corrected chi connectivity index (χ1v) is 9.96. The van der Waals surface area contributed by atoms with Crippen molar-refractivity contribution in [1.29, 1.82) is 0 Å². The minimum absolute atomic E-state index is 0.00841. The van der Waals surface area contributed by atoms with Crippen molar-refractivity contribution in [1.82, 2.24) is 14.8 Å². The highest BCUT2D eigenvalue weighted by molar-refractivity contribution is 5.97. The van der Waals surface area contributed by atoms with Gasteiger partial charge < -0.3 is 19.5 Å². The van der Waals surface area contributed by atoms with Crippen LogP contribution < -0.4 is 5.56 Å². The number of pyridine rings is 1. The predicted octanol–water partition coefficient (Wildman–Crippen LogP) is 2.25. The summed E-state index contributed by atoms with van der Waals surface area (Å²) in [7, 11) is 0. The number of fused-ring (bicyclic) bond motifs is 1. The second-order valence-corrected chi connectivity index (χ2v) is 7.56. The average molecular weight is 369 g/mol. The van der Waals surface area contributed by atoms with Crippen LogP contribution in [0.25, 0.3) is 10.9 Å². The SMILES string of the molecule is O=C(c1cc2ccccc2[nH]c1=O)N1CCCO[C@H](CN2CCCCC2)C1. The number of nitrogens with one attached hydrogen (secondary N) is 1. The number of aromatic nitrogens is 1. The summed E-state index contributed by atoms with van der Waals surface area (Å²) in [6.45, 7) is 4.91. The fourth-order valence-electron chi connectivity index (χ4n) is 4.10. The van der Waals surface area contributed by atoms with Crippen LogP contribution in [0, 0.1) is 0 Å². The van der Waals surface area contributed by atoms with E-state index in [0.29, 0.717) is 19.7 Å². The van der Waals surface area contributed by atoms with E-state index in [9.17, 15) is 9.59 Å². The van der Waals surface area contributed by atoms with Gasteiger partial charge in [0, 0.05) is 31.8 Å². The number of piperidine rings is 1. The highest BCUT2D eigenvalue weighted by Gasteiger charge is 2.27. The molecule has 2 fully saturated rings. The van der Waals surface area contributed by atoms with E-state index in [0.717, 1.165) is 37.0 Å². The van der Waals surface area contributed by atoms with Crippen LogP contribution in [0.1, 0.15) is 36.0 Å². The van der Waals surface area contributed by atoms with Crippen molar-refractivity contribution in [3.63, 3.8) is 0 Å². The fraction of sp³-hybridized carbons (Fsp3) is 0.524. The molecular weight excluding hydrogens is 342 g/mol. The number of rotatable bonds is 3. The Morgan fingerprint density at radius 3 is 2.78 bits per heavy atom. The number of nitrogens with zero attached hydrogens (tertiary/aromatic N) is 2. The highest BCUT2D eigenvalue weighted by atomic mass is 16.5. The van der Waals surface area contributed by atoms with Crippen LogP contribution in [-0.2, 0) is 4.74 Å². The molecule has 2 saturated heterocycles. The molecule has 0 spiro atoms. The number of ether oxygens (including phenoxy) is 1.